The molecule has 0 radical (unpaired) electrons. The van der Waals surface area contributed by atoms with Gasteiger partial charge in [-0.2, -0.15) is 5.10 Å². The topological polar surface area (TPSA) is 81.7 Å². The van der Waals surface area contributed by atoms with Crippen molar-refractivity contribution < 1.29 is 39.5 Å². The number of aliphatic carboxylic acids is 1. The standard InChI is InChI=1S/C11H11N3O2.Na/c1-7-2-4-8(5-3-7)11-12-9(13-14-11)6-10(15)16;/h2-5H,6H2,1H3,(H,15,16)(H,12,13,14);/q;+1/p-1. The number of aromatic amines is 1. The summed E-state index contributed by atoms with van der Waals surface area (Å²) in [5, 5.41) is 16.9. The van der Waals surface area contributed by atoms with E-state index in [1.807, 2.05) is 31.2 Å². The Labute approximate surface area is 121 Å². The van der Waals surface area contributed by atoms with Crippen molar-refractivity contribution in [2.45, 2.75) is 13.3 Å². The molecule has 0 saturated carbocycles. The summed E-state index contributed by atoms with van der Waals surface area (Å²) in [5.74, 6) is -0.376. The molecule has 0 bridgehead atoms. The molecular weight excluding hydrogens is 229 g/mol. The van der Waals surface area contributed by atoms with Crippen LogP contribution < -0.4 is 34.7 Å². The third-order valence-corrected chi connectivity index (χ3v) is 2.15. The summed E-state index contributed by atoms with van der Waals surface area (Å²) in [7, 11) is 0. The number of rotatable bonds is 3. The zero-order valence-electron chi connectivity index (χ0n) is 9.73. The Balaban J connectivity index is 0.00000144. The molecule has 0 aliphatic heterocycles. The quantitative estimate of drug-likeness (QED) is 0.582. The van der Waals surface area contributed by atoms with Crippen molar-refractivity contribution in [1.29, 1.82) is 0 Å². The van der Waals surface area contributed by atoms with Crippen LogP contribution in [0.25, 0.3) is 11.4 Å². The van der Waals surface area contributed by atoms with Crippen LogP contribution in [0.4, 0.5) is 0 Å². The molecule has 0 fully saturated rings. The van der Waals surface area contributed by atoms with Crippen molar-refractivity contribution in [3.63, 3.8) is 0 Å². The zero-order valence-corrected chi connectivity index (χ0v) is 11.7. The maximum absolute atomic E-state index is 10.4. The summed E-state index contributed by atoms with van der Waals surface area (Å²) in [6.45, 7) is 1.99. The maximum Gasteiger partial charge on any atom is 1.00 e. The minimum atomic E-state index is -1.17. The van der Waals surface area contributed by atoms with Gasteiger partial charge in [0.05, 0.1) is 0 Å². The summed E-state index contributed by atoms with van der Waals surface area (Å²) >= 11 is 0. The van der Waals surface area contributed by atoms with Crippen LogP contribution in [0.3, 0.4) is 0 Å². The van der Waals surface area contributed by atoms with Gasteiger partial charge in [-0.25, -0.2) is 4.98 Å². The number of carbonyl (C=O) groups excluding carboxylic acids is 1. The fraction of sp³-hybridized carbons (Fsp3) is 0.182. The first-order chi connectivity index (χ1) is 7.65. The number of carboxylic acid groups (broad SMARTS) is 1. The van der Waals surface area contributed by atoms with E-state index in [1.54, 1.807) is 0 Å². The second-order valence-corrected chi connectivity index (χ2v) is 3.52. The number of carboxylic acids is 1. The van der Waals surface area contributed by atoms with E-state index in [1.165, 1.54) is 0 Å². The minimum absolute atomic E-state index is 0. The summed E-state index contributed by atoms with van der Waals surface area (Å²) in [6, 6.07) is 7.68. The first kappa shape index (κ1) is 13.9. The number of hydrogen-bond donors (Lipinski definition) is 1. The van der Waals surface area contributed by atoms with E-state index < -0.39 is 5.97 Å². The fourth-order valence-corrected chi connectivity index (χ4v) is 1.34. The Morgan fingerprint density at radius 1 is 1.35 bits per heavy atom. The molecule has 1 aromatic carbocycles. The number of nitrogens with one attached hydrogen (secondary N) is 1. The van der Waals surface area contributed by atoms with Crippen LogP contribution in [0.5, 0.6) is 0 Å². The summed E-state index contributed by atoms with van der Waals surface area (Å²) in [5.41, 5.74) is 2.00. The van der Waals surface area contributed by atoms with E-state index in [2.05, 4.69) is 15.2 Å². The minimum Gasteiger partial charge on any atom is -0.550 e. The molecule has 0 spiro atoms. The average Bonchev–Trinajstić information content (AvgIpc) is 2.66. The van der Waals surface area contributed by atoms with Crippen LogP contribution >= 0.6 is 0 Å². The van der Waals surface area contributed by atoms with Crippen LogP contribution in [0, 0.1) is 6.92 Å². The smallest absolute Gasteiger partial charge is 0.550 e. The van der Waals surface area contributed by atoms with Gasteiger partial charge in [0.25, 0.3) is 0 Å². The van der Waals surface area contributed by atoms with Crippen molar-refractivity contribution in [3.05, 3.63) is 35.7 Å². The number of carbonyl (C=O) groups is 1. The molecule has 0 atom stereocenters. The van der Waals surface area contributed by atoms with Crippen molar-refractivity contribution in [1.82, 2.24) is 15.2 Å². The van der Waals surface area contributed by atoms with Crippen LogP contribution in [0.2, 0.25) is 0 Å². The van der Waals surface area contributed by atoms with Crippen LogP contribution in [-0.2, 0) is 11.2 Å². The Hall–Kier alpha value is -1.17. The van der Waals surface area contributed by atoms with Crippen LogP contribution in [-0.4, -0.2) is 21.2 Å². The third kappa shape index (κ3) is 3.66. The first-order valence-corrected chi connectivity index (χ1v) is 4.83. The van der Waals surface area contributed by atoms with Crippen molar-refractivity contribution >= 4 is 5.97 Å². The van der Waals surface area contributed by atoms with Crippen molar-refractivity contribution in [2.24, 2.45) is 0 Å². The number of aromatic nitrogens is 3. The first-order valence-electron chi connectivity index (χ1n) is 4.83. The number of hydrogen-bond acceptors (Lipinski definition) is 4. The molecule has 1 N–H and O–H groups in total. The molecule has 0 aliphatic carbocycles. The predicted octanol–water partition coefficient (Wildman–Crippen LogP) is -2.92. The molecule has 0 saturated heterocycles. The second-order valence-electron chi connectivity index (χ2n) is 3.52. The molecular formula is C11H10N3NaO2. The molecule has 1 aromatic heterocycles. The third-order valence-electron chi connectivity index (χ3n) is 2.15. The monoisotopic (exact) mass is 239 g/mol. The largest absolute Gasteiger partial charge is 1.00 e. The number of H-pyrrole nitrogens is 1. The Morgan fingerprint density at radius 2 is 2.00 bits per heavy atom. The van der Waals surface area contributed by atoms with Gasteiger partial charge in [-0.05, 0) is 6.92 Å². The molecule has 1 heterocycles. The van der Waals surface area contributed by atoms with Gasteiger partial charge in [0.1, 0.15) is 5.82 Å². The Bertz CT molecular complexity index is 508. The summed E-state index contributed by atoms with van der Waals surface area (Å²) in [4.78, 5) is 14.4. The molecule has 0 unspecified atom stereocenters. The SMILES string of the molecule is Cc1ccc(-c2n[nH]c(CC(=O)[O-])n2)cc1.[Na+]. The molecule has 2 aromatic rings. The summed E-state index contributed by atoms with van der Waals surface area (Å²) < 4.78 is 0. The molecule has 17 heavy (non-hydrogen) atoms. The Kier molecular flexibility index (Phi) is 4.86. The Morgan fingerprint density at radius 3 is 2.59 bits per heavy atom. The molecule has 0 amide bonds. The average molecular weight is 239 g/mol. The molecule has 2 rings (SSSR count). The number of benzene rings is 1. The van der Waals surface area contributed by atoms with E-state index in [-0.39, 0.29) is 36.0 Å². The van der Waals surface area contributed by atoms with E-state index in [0.29, 0.717) is 11.6 Å². The van der Waals surface area contributed by atoms with Gasteiger partial charge >= 0.3 is 29.6 Å². The van der Waals surface area contributed by atoms with Gasteiger partial charge < -0.3 is 9.90 Å². The van der Waals surface area contributed by atoms with Gasteiger partial charge in [-0.1, -0.05) is 29.8 Å². The second kappa shape index (κ2) is 5.95. The van der Waals surface area contributed by atoms with E-state index in [0.717, 1.165) is 11.1 Å². The van der Waals surface area contributed by atoms with Crippen molar-refractivity contribution in [2.75, 3.05) is 0 Å². The van der Waals surface area contributed by atoms with Crippen molar-refractivity contribution in [3.8, 4) is 11.4 Å². The maximum atomic E-state index is 10.4. The summed E-state index contributed by atoms with van der Waals surface area (Å²) in [6.07, 6.45) is -0.251. The molecule has 82 valence electrons. The predicted molar refractivity (Wildman–Crippen MR) is 55.3 cm³/mol. The van der Waals surface area contributed by atoms with Crippen LogP contribution in [0.1, 0.15) is 11.4 Å². The van der Waals surface area contributed by atoms with Gasteiger partial charge in [0.15, 0.2) is 5.82 Å². The van der Waals surface area contributed by atoms with E-state index in [9.17, 15) is 9.90 Å². The van der Waals surface area contributed by atoms with Gasteiger partial charge in [-0.3, -0.25) is 5.10 Å². The fourth-order valence-electron chi connectivity index (χ4n) is 1.34. The number of aryl methyl sites for hydroxylation is 1. The van der Waals surface area contributed by atoms with Gasteiger partial charge in [-0.15, -0.1) is 0 Å². The molecule has 6 heteroatoms. The number of nitrogens with zero attached hydrogens (tertiary/aromatic N) is 2. The molecule has 5 nitrogen and oxygen atoms in total. The van der Waals surface area contributed by atoms with E-state index >= 15 is 0 Å². The normalized spacial score (nSPS) is 9.71. The van der Waals surface area contributed by atoms with Gasteiger partial charge in [0, 0.05) is 18.0 Å². The van der Waals surface area contributed by atoms with Gasteiger partial charge in [0.2, 0.25) is 0 Å². The van der Waals surface area contributed by atoms with Crippen LogP contribution in [0.15, 0.2) is 24.3 Å². The molecule has 0 aliphatic rings. The zero-order chi connectivity index (χ0) is 11.5. The van der Waals surface area contributed by atoms with E-state index in [4.69, 9.17) is 0 Å².